The molecule has 7 heteroatoms. The number of anilines is 1. The molecule has 0 radical (unpaired) electrons. The van der Waals surface area contributed by atoms with Gasteiger partial charge in [-0.2, -0.15) is 0 Å². The van der Waals surface area contributed by atoms with Gasteiger partial charge in [-0.05, 0) is 29.3 Å². The molecule has 0 saturated heterocycles. The summed E-state index contributed by atoms with van der Waals surface area (Å²) in [6.07, 6.45) is -0.697. The number of hydroxylamine groups is 1. The van der Waals surface area contributed by atoms with Crippen molar-refractivity contribution >= 4 is 17.5 Å². The molecule has 1 unspecified atom stereocenters. The maximum Gasteiger partial charge on any atom is 0.274 e. The maximum absolute atomic E-state index is 13.4. The Labute approximate surface area is 180 Å². The van der Waals surface area contributed by atoms with E-state index >= 15 is 0 Å². The van der Waals surface area contributed by atoms with Crippen LogP contribution in [0.5, 0.6) is 5.75 Å². The molecular weight excluding hydrogens is 394 g/mol. The van der Waals surface area contributed by atoms with Crippen molar-refractivity contribution in [1.82, 2.24) is 10.4 Å². The van der Waals surface area contributed by atoms with Gasteiger partial charge in [0, 0.05) is 18.7 Å². The van der Waals surface area contributed by atoms with Crippen molar-refractivity contribution in [2.24, 2.45) is 0 Å². The monoisotopic (exact) mass is 417 g/mol. The number of hydrogen-bond donors (Lipinski definition) is 3. The van der Waals surface area contributed by atoms with E-state index in [2.05, 4.69) is 5.32 Å². The molecule has 0 aromatic heterocycles. The van der Waals surface area contributed by atoms with Crippen LogP contribution in [0.3, 0.4) is 0 Å². The highest BCUT2D eigenvalue weighted by Gasteiger charge is 2.30. The SMILES string of the molecule is O=C(NO)c1ccc2c(c1)NCC(C(=O)N(Cc1ccccc1)Cc1ccccc1)O2. The van der Waals surface area contributed by atoms with E-state index in [0.717, 1.165) is 11.1 Å². The first-order valence-corrected chi connectivity index (χ1v) is 9.99. The summed E-state index contributed by atoms with van der Waals surface area (Å²) in [5, 5.41) is 12.0. The van der Waals surface area contributed by atoms with E-state index in [-0.39, 0.29) is 18.0 Å². The minimum atomic E-state index is -0.697. The molecular formula is C24H23N3O4. The standard InChI is InChI=1S/C24H23N3O4/c28-23(26-30)19-11-12-21-20(13-19)25-14-22(31-21)24(29)27(15-17-7-3-1-4-8-17)16-18-9-5-2-6-10-18/h1-13,22,25,30H,14-16H2,(H,26,28). The first kappa shape index (κ1) is 20.4. The second-order valence-corrected chi connectivity index (χ2v) is 7.30. The predicted octanol–water partition coefficient (Wildman–Crippen LogP) is 3.21. The van der Waals surface area contributed by atoms with E-state index in [1.165, 1.54) is 6.07 Å². The molecule has 4 rings (SSSR count). The predicted molar refractivity (Wildman–Crippen MR) is 116 cm³/mol. The minimum Gasteiger partial charge on any atom is -0.477 e. The summed E-state index contributed by atoms with van der Waals surface area (Å²) in [6, 6.07) is 24.4. The van der Waals surface area contributed by atoms with E-state index in [1.807, 2.05) is 60.7 Å². The lowest BCUT2D eigenvalue weighted by atomic mass is 10.1. The summed E-state index contributed by atoms with van der Waals surface area (Å²) in [6.45, 7) is 1.21. The van der Waals surface area contributed by atoms with Crippen molar-refractivity contribution in [1.29, 1.82) is 0 Å². The first-order valence-electron chi connectivity index (χ1n) is 9.99. The summed E-state index contributed by atoms with van der Waals surface area (Å²) < 4.78 is 5.97. The van der Waals surface area contributed by atoms with Gasteiger partial charge in [0.25, 0.3) is 11.8 Å². The fourth-order valence-electron chi connectivity index (χ4n) is 3.53. The van der Waals surface area contributed by atoms with Crippen LogP contribution in [-0.2, 0) is 17.9 Å². The largest absolute Gasteiger partial charge is 0.477 e. The quantitative estimate of drug-likeness (QED) is 0.423. The molecule has 1 atom stereocenters. The van der Waals surface area contributed by atoms with Crippen molar-refractivity contribution in [3.05, 3.63) is 95.6 Å². The lowest BCUT2D eigenvalue weighted by Gasteiger charge is -2.32. The van der Waals surface area contributed by atoms with Gasteiger partial charge in [0.1, 0.15) is 5.75 Å². The third-order valence-electron chi connectivity index (χ3n) is 5.11. The number of rotatable bonds is 6. The van der Waals surface area contributed by atoms with Crippen LogP contribution in [0, 0.1) is 0 Å². The van der Waals surface area contributed by atoms with Gasteiger partial charge in [-0.1, -0.05) is 60.7 Å². The van der Waals surface area contributed by atoms with E-state index in [0.29, 0.717) is 24.5 Å². The van der Waals surface area contributed by atoms with Crippen molar-refractivity contribution < 1.29 is 19.5 Å². The second kappa shape index (κ2) is 9.32. The van der Waals surface area contributed by atoms with Crippen molar-refractivity contribution in [2.75, 3.05) is 11.9 Å². The number of hydrogen-bond acceptors (Lipinski definition) is 5. The average molecular weight is 417 g/mol. The van der Waals surface area contributed by atoms with Gasteiger partial charge in [0.15, 0.2) is 6.10 Å². The van der Waals surface area contributed by atoms with E-state index in [9.17, 15) is 9.59 Å². The van der Waals surface area contributed by atoms with Crippen LogP contribution < -0.4 is 15.5 Å². The summed E-state index contributed by atoms with van der Waals surface area (Å²) in [7, 11) is 0. The Morgan fingerprint density at radius 3 is 2.16 bits per heavy atom. The van der Waals surface area contributed by atoms with Crippen LogP contribution in [0.4, 0.5) is 5.69 Å². The molecule has 1 aliphatic heterocycles. The summed E-state index contributed by atoms with van der Waals surface area (Å²) in [5.41, 5.74) is 4.57. The number of fused-ring (bicyclic) bond motifs is 1. The molecule has 3 aromatic carbocycles. The second-order valence-electron chi connectivity index (χ2n) is 7.30. The number of carbonyl (C=O) groups excluding carboxylic acids is 2. The van der Waals surface area contributed by atoms with Crippen LogP contribution in [0.15, 0.2) is 78.9 Å². The van der Waals surface area contributed by atoms with Crippen LogP contribution >= 0.6 is 0 Å². The van der Waals surface area contributed by atoms with E-state index in [4.69, 9.17) is 9.94 Å². The summed E-state index contributed by atoms with van der Waals surface area (Å²) >= 11 is 0. The number of ether oxygens (including phenoxy) is 1. The van der Waals surface area contributed by atoms with E-state index < -0.39 is 12.0 Å². The molecule has 3 N–H and O–H groups in total. The van der Waals surface area contributed by atoms with Gasteiger partial charge in [0.2, 0.25) is 0 Å². The molecule has 0 spiro atoms. The number of carbonyl (C=O) groups is 2. The summed E-state index contributed by atoms with van der Waals surface area (Å²) in [5.74, 6) is -0.249. The molecule has 31 heavy (non-hydrogen) atoms. The maximum atomic E-state index is 13.4. The Kier molecular flexibility index (Phi) is 6.14. The topological polar surface area (TPSA) is 90.9 Å². The third kappa shape index (κ3) is 4.84. The van der Waals surface area contributed by atoms with E-state index in [1.54, 1.807) is 22.5 Å². The first-order chi connectivity index (χ1) is 15.1. The molecule has 1 heterocycles. The lowest BCUT2D eigenvalue weighted by Crippen LogP contribution is -2.46. The van der Waals surface area contributed by atoms with Crippen molar-refractivity contribution in [3.8, 4) is 5.75 Å². The molecule has 158 valence electrons. The zero-order chi connectivity index (χ0) is 21.6. The fraction of sp³-hybridized carbons (Fsp3) is 0.167. The zero-order valence-electron chi connectivity index (χ0n) is 16.8. The number of nitrogens with zero attached hydrogens (tertiary/aromatic N) is 1. The van der Waals surface area contributed by atoms with Crippen LogP contribution in [0.2, 0.25) is 0 Å². The zero-order valence-corrected chi connectivity index (χ0v) is 16.8. The highest BCUT2D eigenvalue weighted by Crippen LogP contribution is 2.30. The Hall–Kier alpha value is -3.84. The summed E-state index contributed by atoms with van der Waals surface area (Å²) in [4.78, 5) is 26.8. The minimum absolute atomic E-state index is 0.122. The van der Waals surface area contributed by atoms with Crippen molar-refractivity contribution in [3.63, 3.8) is 0 Å². The molecule has 0 saturated carbocycles. The molecule has 1 aliphatic rings. The highest BCUT2D eigenvalue weighted by atomic mass is 16.5. The molecule has 0 aliphatic carbocycles. The van der Waals surface area contributed by atoms with Gasteiger partial charge >= 0.3 is 0 Å². The highest BCUT2D eigenvalue weighted by molar-refractivity contribution is 5.95. The van der Waals surface area contributed by atoms with Gasteiger partial charge in [-0.3, -0.25) is 14.8 Å². The molecule has 2 amide bonds. The van der Waals surface area contributed by atoms with Crippen LogP contribution in [0.1, 0.15) is 21.5 Å². The molecule has 0 bridgehead atoms. The van der Waals surface area contributed by atoms with Gasteiger partial charge in [0.05, 0.1) is 12.2 Å². The number of nitrogens with one attached hydrogen (secondary N) is 2. The van der Waals surface area contributed by atoms with Crippen LogP contribution in [-0.4, -0.2) is 34.6 Å². The molecule has 3 aromatic rings. The third-order valence-corrected chi connectivity index (χ3v) is 5.11. The fourth-order valence-corrected chi connectivity index (χ4v) is 3.53. The Balaban J connectivity index is 1.53. The lowest BCUT2D eigenvalue weighted by molar-refractivity contribution is -0.139. The van der Waals surface area contributed by atoms with Crippen LogP contribution in [0.25, 0.3) is 0 Å². The Bertz CT molecular complexity index is 1020. The van der Waals surface area contributed by atoms with Gasteiger partial charge < -0.3 is 15.0 Å². The normalized spacial score (nSPS) is 14.5. The molecule has 7 nitrogen and oxygen atoms in total. The number of amides is 2. The average Bonchev–Trinajstić information content (AvgIpc) is 2.83. The Morgan fingerprint density at radius 1 is 0.968 bits per heavy atom. The van der Waals surface area contributed by atoms with Crippen molar-refractivity contribution in [2.45, 2.75) is 19.2 Å². The smallest absolute Gasteiger partial charge is 0.274 e. The number of benzene rings is 3. The molecule has 0 fully saturated rings. The Morgan fingerprint density at radius 2 is 1.58 bits per heavy atom. The van der Waals surface area contributed by atoms with Gasteiger partial charge in [-0.25, -0.2) is 5.48 Å². The van der Waals surface area contributed by atoms with Gasteiger partial charge in [-0.15, -0.1) is 0 Å².